The van der Waals surface area contributed by atoms with Gasteiger partial charge in [0, 0.05) is 18.1 Å². The molecule has 16 heavy (non-hydrogen) atoms. The number of ketones is 2. The molecule has 0 bridgehead atoms. The Morgan fingerprint density at radius 2 is 1.31 bits per heavy atom. The van der Waals surface area contributed by atoms with Gasteiger partial charge in [0.15, 0.2) is 11.6 Å². The van der Waals surface area contributed by atoms with Crippen molar-refractivity contribution in [1.82, 2.24) is 0 Å². The van der Waals surface area contributed by atoms with Crippen LogP contribution >= 0.6 is 0 Å². The van der Waals surface area contributed by atoms with Crippen molar-refractivity contribution in [3.8, 4) is 0 Å². The first-order valence-electron chi connectivity index (χ1n) is 4.57. The lowest BCUT2D eigenvalue weighted by atomic mass is 9.95. The molecule has 1 aromatic carbocycles. The Labute approximate surface area is 92.2 Å². The van der Waals surface area contributed by atoms with Crippen molar-refractivity contribution in [3.05, 3.63) is 47.5 Å². The summed E-state index contributed by atoms with van der Waals surface area (Å²) >= 11 is 0. The molecule has 0 amide bonds. The first-order valence-corrected chi connectivity index (χ1v) is 4.57. The molecule has 0 spiro atoms. The molecule has 0 atom stereocenters. The average molecular weight is 218 g/mol. The fourth-order valence-corrected chi connectivity index (χ4v) is 1.24. The van der Waals surface area contributed by atoms with Gasteiger partial charge in [-0.2, -0.15) is 0 Å². The van der Waals surface area contributed by atoms with Gasteiger partial charge < -0.3 is 5.11 Å². The van der Waals surface area contributed by atoms with Gasteiger partial charge in [-0.25, -0.2) is 0 Å². The molecule has 0 aromatic heterocycles. The smallest absolute Gasteiger partial charge is 0.300 e. The van der Waals surface area contributed by atoms with Crippen molar-refractivity contribution in [1.29, 1.82) is 0 Å². The van der Waals surface area contributed by atoms with Crippen LogP contribution in [0.1, 0.15) is 27.6 Å². The van der Waals surface area contributed by atoms with Gasteiger partial charge in [-0.15, -0.1) is 0 Å². The van der Waals surface area contributed by atoms with Crippen LogP contribution in [-0.4, -0.2) is 22.6 Å². The lowest BCUT2D eigenvalue weighted by Crippen LogP contribution is -2.10. The maximum atomic E-state index is 11.2. The molecule has 0 fully saturated rings. The van der Waals surface area contributed by atoms with E-state index in [0.717, 1.165) is 6.92 Å². The van der Waals surface area contributed by atoms with E-state index in [1.165, 1.54) is 12.2 Å². The maximum absolute atomic E-state index is 11.2. The van der Waals surface area contributed by atoms with Gasteiger partial charge in [0.1, 0.15) is 0 Å². The normalized spacial score (nSPS) is 12.6. The molecule has 1 aromatic rings. The van der Waals surface area contributed by atoms with Crippen molar-refractivity contribution in [2.45, 2.75) is 6.92 Å². The summed E-state index contributed by atoms with van der Waals surface area (Å²) in [5, 5.41) is 7.42. The van der Waals surface area contributed by atoms with Gasteiger partial charge in [0.2, 0.25) is 0 Å². The lowest BCUT2D eigenvalue weighted by molar-refractivity contribution is -0.134. The molecule has 0 saturated heterocycles. The predicted molar refractivity (Wildman–Crippen MR) is 57.6 cm³/mol. The summed E-state index contributed by atoms with van der Waals surface area (Å²) in [5.74, 6) is -1.02. The largest absolute Gasteiger partial charge is 0.481 e. The third-order valence-electron chi connectivity index (χ3n) is 1.84. The number of carboxylic acid groups (broad SMARTS) is 1. The van der Waals surface area contributed by atoms with E-state index in [1.807, 2.05) is 0 Å². The minimum atomic E-state index is -0.833. The molecule has 0 heterocycles. The molecular weight excluding hydrogens is 208 g/mol. The Kier molecular flexibility index (Phi) is 3.72. The number of carboxylic acids is 1. The highest BCUT2D eigenvalue weighted by Crippen LogP contribution is 2.15. The SMILES string of the molecule is CC(=O)O.O=C1C=CC(=O)c2ccccc21. The van der Waals surface area contributed by atoms with Gasteiger partial charge in [-0.1, -0.05) is 24.3 Å². The van der Waals surface area contributed by atoms with E-state index in [1.54, 1.807) is 24.3 Å². The van der Waals surface area contributed by atoms with Crippen molar-refractivity contribution >= 4 is 17.5 Å². The first kappa shape index (κ1) is 11.8. The van der Waals surface area contributed by atoms with Crippen LogP contribution < -0.4 is 0 Å². The van der Waals surface area contributed by atoms with Crippen LogP contribution in [0.3, 0.4) is 0 Å². The summed E-state index contributed by atoms with van der Waals surface area (Å²) in [6, 6.07) is 6.84. The van der Waals surface area contributed by atoms with Crippen LogP contribution in [0.2, 0.25) is 0 Å². The van der Waals surface area contributed by atoms with Crippen LogP contribution in [0.15, 0.2) is 36.4 Å². The number of fused-ring (bicyclic) bond motifs is 1. The van der Waals surface area contributed by atoms with Crippen molar-refractivity contribution in [2.75, 3.05) is 0 Å². The fraction of sp³-hybridized carbons (Fsp3) is 0.0833. The zero-order valence-electron chi connectivity index (χ0n) is 8.64. The van der Waals surface area contributed by atoms with E-state index < -0.39 is 5.97 Å². The zero-order valence-corrected chi connectivity index (χ0v) is 8.64. The molecule has 4 heteroatoms. The highest BCUT2D eigenvalue weighted by Gasteiger charge is 2.16. The monoisotopic (exact) mass is 218 g/mol. The minimum Gasteiger partial charge on any atom is -0.481 e. The van der Waals surface area contributed by atoms with Crippen LogP contribution in [0.5, 0.6) is 0 Å². The highest BCUT2D eigenvalue weighted by molar-refractivity contribution is 6.21. The van der Waals surface area contributed by atoms with Crippen LogP contribution in [0.4, 0.5) is 0 Å². The number of carbonyl (C=O) groups is 3. The number of allylic oxidation sites excluding steroid dienone is 2. The topological polar surface area (TPSA) is 71.4 Å². The van der Waals surface area contributed by atoms with Crippen LogP contribution in [0.25, 0.3) is 0 Å². The summed E-state index contributed by atoms with van der Waals surface area (Å²) in [7, 11) is 0. The lowest BCUT2D eigenvalue weighted by Gasteiger charge is -2.06. The Hall–Kier alpha value is -2.23. The molecule has 0 aliphatic heterocycles. The van der Waals surface area contributed by atoms with Crippen molar-refractivity contribution < 1.29 is 19.5 Å². The van der Waals surface area contributed by atoms with Crippen LogP contribution in [-0.2, 0) is 4.79 Å². The molecule has 0 saturated carbocycles. The van der Waals surface area contributed by atoms with Crippen LogP contribution in [0, 0.1) is 0 Å². The number of hydrogen-bond acceptors (Lipinski definition) is 3. The summed E-state index contributed by atoms with van der Waals surface area (Å²) in [5.41, 5.74) is 1.01. The van der Waals surface area contributed by atoms with E-state index in [-0.39, 0.29) is 11.6 Å². The molecular formula is C12H10O4. The van der Waals surface area contributed by atoms with Gasteiger partial charge >= 0.3 is 0 Å². The van der Waals surface area contributed by atoms with Gasteiger partial charge in [0.25, 0.3) is 5.97 Å². The molecule has 4 nitrogen and oxygen atoms in total. The highest BCUT2D eigenvalue weighted by atomic mass is 16.4. The van der Waals surface area contributed by atoms with E-state index in [4.69, 9.17) is 9.90 Å². The second-order valence-electron chi connectivity index (χ2n) is 3.13. The Balaban J connectivity index is 0.000000280. The number of aliphatic carboxylic acids is 1. The third-order valence-corrected chi connectivity index (χ3v) is 1.84. The van der Waals surface area contributed by atoms with E-state index in [2.05, 4.69) is 0 Å². The Morgan fingerprint density at radius 1 is 1.00 bits per heavy atom. The number of rotatable bonds is 0. The molecule has 1 N–H and O–H groups in total. The first-order chi connectivity index (χ1) is 7.52. The standard InChI is InChI=1S/C10H6O2.C2H4O2/c11-9-5-6-10(12)8-4-2-1-3-7(8)9;1-2(3)4/h1-6H;1H3,(H,3,4). The summed E-state index contributed by atoms with van der Waals surface area (Å²) < 4.78 is 0. The summed E-state index contributed by atoms with van der Waals surface area (Å²) in [6.45, 7) is 1.08. The molecule has 1 aliphatic carbocycles. The number of benzene rings is 1. The zero-order chi connectivity index (χ0) is 12.1. The van der Waals surface area contributed by atoms with Gasteiger partial charge in [0.05, 0.1) is 0 Å². The minimum absolute atomic E-state index is 0.0924. The fourth-order valence-electron chi connectivity index (χ4n) is 1.24. The second-order valence-corrected chi connectivity index (χ2v) is 3.13. The van der Waals surface area contributed by atoms with Crippen molar-refractivity contribution in [3.63, 3.8) is 0 Å². The third kappa shape index (κ3) is 2.88. The molecule has 1 aliphatic rings. The summed E-state index contributed by atoms with van der Waals surface area (Å²) in [4.78, 5) is 31.4. The maximum Gasteiger partial charge on any atom is 0.300 e. The van der Waals surface area contributed by atoms with Crippen molar-refractivity contribution in [2.24, 2.45) is 0 Å². The predicted octanol–water partition coefficient (Wildman–Crippen LogP) is 1.71. The Bertz CT molecular complexity index is 431. The average Bonchev–Trinajstić information content (AvgIpc) is 2.23. The van der Waals surface area contributed by atoms with E-state index in [9.17, 15) is 9.59 Å². The van der Waals surface area contributed by atoms with E-state index >= 15 is 0 Å². The second kappa shape index (κ2) is 5.02. The Morgan fingerprint density at radius 3 is 1.62 bits per heavy atom. The molecule has 82 valence electrons. The van der Waals surface area contributed by atoms with E-state index in [0.29, 0.717) is 11.1 Å². The summed E-state index contributed by atoms with van der Waals surface area (Å²) in [6.07, 6.45) is 2.62. The molecule has 0 radical (unpaired) electrons. The number of hydrogen-bond donors (Lipinski definition) is 1. The number of carbonyl (C=O) groups excluding carboxylic acids is 2. The van der Waals surface area contributed by atoms with Gasteiger partial charge in [-0.05, 0) is 12.2 Å². The molecule has 2 rings (SSSR count). The molecule has 0 unspecified atom stereocenters. The quantitative estimate of drug-likeness (QED) is 0.719. The van der Waals surface area contributed by atoms with Gasteiger partial charge in [-0.3, -0.25) is 14.4 Å².